The number of anilines is 3. The van der Waals surface area contributed by atoms with Gasteiger partial charge in [-0.25, -0.2) is 0 Å². The molecule has 0 fully saturated rings. The SMILES string of the molecule is c1ccc(-c2cc(-c3ccccc3)cc(-c3ccc(N(c4ccc5c(ccc6ccccc65)c4)c4ccccc4-c4ccccc4-c4ccccc4-c4ccccc4)cc3)c2)cc1. The maximum absolute atomic E-state index is 2.43. The van der Waals surface area contributed by atoms with Gasteiger partial charge in [-0.1, -0.05) is 212 Å². The Labute approximate surface area is 369 Å². The van der Waals surface area contributed by atoms with Crippen molar-refractivity contribution in [1.29, 1.82) is 0 Å². The van der Waals surface area contributed by atoms with Gasteiger partial charge in [0.2, 0.25) is 0 Å². The van der Waals surface area contributed by atoms with Crippen molar-refractivity contribution in [3.63, 3.8) is 0 Å². The molecule has 0 saturated heterocycles. The lowest BCUT2D eigenvalue weighted by Crippen LogP contribution is -2.11. The number of nitrogens with zero attached hydrogens (tertiary/aromatic N) is 1. The van der Waals surface area contributed by atoms with Crippen molar-refractivity contribution < 1.29 is 0 Å². The zero-order valence-electron chi connectivity index (χ0n) is 34.8. The lowest BCUT2D eigenvalue weighted by Gasteiger charge is -2.29. The van der Waals surface area contributed by atoms with Crippen molar-refractivity contribution >= 4 is 38.6 Å². The molecule has 1 nitrogen and oxygen atoms in total. The molecule has 0 aliphatic carbocycles. The van der Waals surface area contributed by atoms with Gasteiger partial charge in [0.1, 0.15) is 0 Å². The van der Waals surface area contributed by atoms with E-state index in [1.807, 2.05) is 0 Å². The Bertz CT molecular complexity index is 3310. The van der Waals surface area contributed by atoms with Crippen molar-refractivity contribution in [3.05, 3.63) is 261 Å². The normalized spacial score (nSPS) is 11.2. The third-order valence-electron chi connectivity index (χ3n) is 12.3. The molecule has 0 aliphatic rings. The first-order valence-corrected chi connectivity index (χ1v) is 21.7. The molecule has 0 heterocycles. The van der Waals surface area contributed by atoms with Crippen LogP contribution in [0.1, 0.15) is 0 Å². The number of hydrogen-bond acceptors (Lipinski definition) is 1. The molecule has 0 unspecified atom stereocenters. The molecule has 0 aromatic heterocycles. The largest absolute Gasteiger partial charge is 0.310 e. The summed E-state index contributed by atoms with van der Waals surface area (Å²) in [6.07, 6.45) is 0. The Balaban J connectivity index is 1.08. The smallest absolute Gasteiger partial charge is 0.0540 e. The zero-order valence-corrected chi connectivity index (χ0v) is 34.8. The van der Waals surface area contributed by atoms with Gasteiger partial charge in [-0.05, 0) is 131 Å². The standard InChI is InChI=1S/C62H43N/c1-4-18-44(19-5-1)50-40-51(45-20-6-2-7-21-45)42-52(41-50)46-34-36-53(37-35-46)63(54-38-39-57-49(43-54)33-32-48-24-10-11-25-55(48)57)62-31-17-16-30-61(62)60-29-15-14-28-59(60)58-27-13-12-26-56(58)47-22-8-3-9-23-47/h1-43H. The Kier molecular flexibility index (Phi) is 9.97. The second-order valence-electron chi connectivity index (χ2n) is 16.1. The maximum Gasteiger partial charge on any atom is 0.0540 e. The van der Waals surface area contributed by atoms with Crippen LogP contribution < -0.4 is 4.90 Å². The number of benzene rings is 11. The minimum absolute atomic E-state index is 1.08. The summed E-state index contributed by atoms with van der Waals surface area (Å²) in [5.41, 5.74) is 17.6. The number of fused-ring (bicyclic) bond motifs is 3. The van der Waals surface area contributed by atoms with Crippen molar-refractivity contribution in [3.8, 4) is 66.8 Å². The number of para-hydroxylation sites is 1. The van der Waals surface area contributed by atoms with E-state index in [4.69, 9.17) is 0 Å². The van der Waals surface area contributed by atoms with Crippen LogP contribution in [-0.2, 0) is 0 Å². The molecule has 11 rings (SSSR count). The number of hydrogen-bond donors (Lipinski definition) is 0. The molecule has 1 heteroatoms. The number of rotatable bonds is 9. The predicted molar refractivity (Wildman–Crippen MR) is 269 cm³/mol. The topological polar surface area (TPSA) is 3.24 Å². The van der Waals surface area contributed by atoms with E-state index in [2.05, 4.69) is 266 Å². The van der Waals surface area contributed by atoms with Gasteiger partial charge in [-0.15, -0.1) is 0 Å². The van der Waals surface area contributed by atoms with E-state index in [1.165, 1.54) is 77.2 Å². The van der Waals surface area contributed by atoms with Crippen LogP contribution in [0.15, 0.2) is 261 Å². The molecule has 0 spiro atoms. The molecule has 11 aromatic rings. The third-order valence-corrected chi connectivity index (χ3v) is 12.3. The second kappa shape index (κ2) is 16.7. The molecule has 0 aliphatic heterocycles. The van der Waals surface area contributed by atoms with E-state index in [-0.39, 0.29) is 0 Å². The summed E-state index contributed by atoms with van der Waals surface area (Å²) in [4.78, 5) is 2.43. The fourth-order valence-corrected chi connectivity index (χ4v) is 9.20. The third kappa shape index (κ3) is 7.37. The Morgan fingerprint density at radius 3 is 1.24 bits per heavy atom. The molecule has 296 valence electrons. The second-order valence-corrected chi connectivity index (χ2v) is 16.1. The van der Waals surface area contributed by atoms with Crippen LogP contribution in [0, 0.1) is 0 Å². The Morgan fingerprint density at radius 1 is 0.206 bits per heavy atom. The van der Waals surface area contributed by atoms with E-state index < -0.39 is 0 Å². The molecule has 0 amide bonds. The van der Waals surface area contributed by atoms with Crippen molar-refractivity contribution in [2.45, 2.75) is 0 Å². The van der Waals surface area contributed by atoms with E-state index in [0.717, 1.165) is 28.2 Å². The minimum Gasteiger partial charge on any atom is -0.310 e. The summed E-state index contributed by atoms with van der Waals surface area (Å²) >= 11 is 0. The van der Waals surface area contributed by atoms with Crippen LogP contribution in [0.5, 0.6) is 0 Å². The highest BCUT2D eigenvalue weighted by molar-refractivity contribution is 6.09. The fraction of sp³-hybridized carbons (Fsp3) is 0. The molecule has 0 N–H and O–H groups in total. The van der Waals surface area contributed by atoms with Gasteiger partial charge in [-0.3, -0.25) is 0 Å². The average molecular weight is 802 g/mol. The molecule has 0 bridgehead atoms. The van der Waals surface area contributed by atoms with Gasteiger partial charge < -0.3 is 4.90 Å². The molecule has 0 saturated carbocycles. The summed E-state index contributed by atoms with van der Waals surface area (Å²) < 4.78 is 0. The summed E-state index contributed by atoms with van der Waals surface area (Å²) in [6, 6.07) is 94.7. The van der Waals surface area contributed by atoms with Gasteiger partial charge in [0.25, 0.3) is 0 Å². The predicted octanol–water partition coefficient (Wildman–Crippen LogP) is 17.5. The van der Waals surface area contributed by atoms with Crippen molar-refractivity contribution in [1.82, 2.24) is 0 Å². The summed E-state index contributed by atoms with van der Waals surface area (Å²) in [5.74, 6) is 0. The lowest BCUT2D eigenvalue weighted by molar-refractivity contribution is 1.29. The fourth-order valence-electron chi connectivity index (χ4n) is 9.20. The summed E-state index contributed by atoms with van der Waals surface area (Å²) in [7, 11) is 0. The zero-order chi connectivity index (χ0) is 42.0. The summed E-state index contributed by atoms with van der Waals surface area (Å²) in [6.45, 7) is 0. The van der Waals surface area contributed by atoms with Crippen LogP contribution in [-0.4, -0.2) is 0 Å². The molecule has 63 heavy (non-hydrogen) atoms. The quantitative estimate of drug-likeness (QED) is 0.131. The van der Waals surface area contributed by atoms with E-state index >= 15 is 0 Å². The first-order chi connectivity index (χ1) is 31.2. The summed E-state index contributed by atoms with van der Waals surface area (Å²) in [5, 5.41) is 4.95. The van der Waals surface area contributed by atoms with Gasteiger partial charge >= 0.3 is 0 Å². The maximum atomic E-state index is 2.43. The van der Waals surface area contributed by atoms with E-state index in [9.17, 15) is 0 Å². The van der Waals surface area contributed by atoms with Crippen LogP contribution in [0.2, 0.25) is 0 Å². The molecule has 0 atom stereocenters. The highest BCUT2D eigenvalue weighted by Gasteiger charge is 2.21. The first kappa shape index (κ1) is 37.7. The molecular weight excluding hydrogens is 759 g/mol. The van der Waals surface area contributed by atoms with Gasteiger partial charge in [0.05, 0.1) is 5.69 Å². The molecular formula is C62H43N. The Morgan fingerprint density at radius 2 is 0.619 bits per heavy atom. The van der Waals surface area contributed by atoms with Crippen molar-refractivity contribution in [2.24, 2.45) is 0 Å². The van der Waals surface area contributed by atoms with E-state index in [0.29, 0.717) is 0 Å². The van der Waals surface area contributed by atoms with Crippen LogP contribution in [0.4, 0.5) is 17.1 Å². The van der Waals surface area contributed by atoms with Crippen LogP contribution in [0.25, 0.3) is 88.3 Å². The minimum atomic E-state index is 1.08. The van der Waals surface area contributed by atoms with Crippen molar-refractivity contribution in [2.75, 3.05) is 4.90 Å². The highest BCUT2D eigenvalue weighted by atomic mass is 15.1. The average Bonchev–Trinajstić information content (AvgIpc) is 3.37. The monoisotopic (exact) mass is 801 g/mol. The lowest BCUT2D eigenvalue weighted by atomic mass is 9.88. The Hall–Kier alpha value is -8.26. The highest BCUT2D eigenvalue weighted by Crippen LogP contribution is 2.46. The first-order valence-electron chi connectivity index (χ1n) is 21.7. The van der Waals surface area contributed by atoms with Crippen LogP contribution >= 0.6 is 0 Å². The van der Waals surface area contributed by atoms with Gasteiger partial charge in [0, 0.05) is 16.9 Å². The van der Waals surface area contributed by atoms with Crippen LogP contribution in [0.3, 0.4) is 0 Å². The van der Waals surface area contributed by atoms with Gasteiger partial charge in [-0.2, -0.15) is 0 Å². The molecule has 0 radical (unpaired) electrons. The van der Waals surface area contributed by atoms with Gasteiger partial charge in [0.15, 0.2) is 0 Å². The molecule has 11 aromatic carbocycles. The van der Waals surface area contributed by atoms with E-state index in [1.54, 1.807) is 0 Å².